The lowest BCUT2D eigenvalue weighted by Gasteiger charge is -2.20. The minimum atomic E-state index is -1.37. The largest absolute Gasteiger partial charge is 0.480 e. The Morgan fingerprint density at radius 1 is 1.04 bits per heavy atom. The molecule has 0 fully saturated rings. The molecule has 154 valence electrons. The summed E-state index contributed by atoms with van der Waals surface area (Å²) in [5, 5.41) is 24.8. The second-order valence-corrected chi connectivity index (χ2v) is 6.20. The summed E-state index contributed by atoms with van der Waals surface area (Å²) in [5.41, 5.74) is 10.5. The van der Waals surface area contributed by atoms with Crippen LogP contribution in [0.15, 0.2) is 0 Å². The first-order chi connectivity index (χ1) is 12.5. The molecule has 0 aliphatic rings. The van der Waals surface area contributed by atoms with Crippen molar-refractivity contribution in [2.75, 3.05) is 13.2 Å². The van der Waals surface area contributed by atoms with E-state index in [4.69, 9.17) is 16.6 Å². The topological polar surface area (TPSA) is 214 Å². The minimum Gasteiger partial charge on any atom is -0.480 e. The average Bonchev–Trinajstić information content (AvgIpc) is 2.58. The molecule has 0 aliphatic heterocycles. The van der Waals surface area contributed by atoms with E-state index in [0.717, 1.165) is 0 Å². The number of carboxylic acid groups (broad SMARTS) is 1. The number of carbonyl (C=O) groups is 5. The van der Waals surface area contributed by atoms with Crippen LogP contribution in [0.25, 0.3) is 0 Å². The Morgan fingerprint density at radius 3 is 2.07 bits per heavy atom. The molecule has 12 nitrogen and oxygen atoms in total. The zero-order valence-electron chi connectivity index (χ0n) is 15.2. The van der Waals surface area contributed by atoms with Crippen LogP contribution in [0.1, 0.15) is 26.7 Å². The highest BCUT2D eigenvalue weighted by Gasteiger charge is 2.26. The Balaban J connectivity index is 4.55. The number of amides is 4. The Labute approximate surface area is 156 Å². The first kappa shape index (κ1) is 24.3. The van der Waals surface area contributed by atoms with Gasteiger partial charge in [0.2, 0.25) is 23.6 Å². The van der Waals surface area contributed by atoms with E-state index in [0.29, 0.717) is 0 Å². The lowest BCUT2D eigenvalue weighted by molar-refractivity contribution is -0.143. The number of carbonyl (C=O) groups excluding carboxylic acids is 4. The highest BCUT2D eigenvalue weighted by atomic mass is 16.4. The number of rotatable bonds is 12. The van der Waals surface area contributed by atoms with Gasteiger partial charge < -0.3 is 37.6 Å². The fourth-order valence-corrected chi connectivity index (χ4v) is 1.93. The summed E-state index contributed by atoms with van der Waals surface area (Å²) in [5.74, 6) is -4.60. The molecular formula is C15H27N5O7. The number of hydrogen-bond donors (Lipinski definition) is 7. The van der Waals surface area contributed by atoms with Gasteiger partial charge in [0.05, 0.1) is 19.2 Å². The van der Waals surface area contributed by atoms with Gasteiger partial charge in [-0.3, -0.25) is 19.2 Å². The maximum atomic E-state index is 12.0. The number of carboxylic acids is 1. The number of aliphatic carboxylic acids is 1. The van der Waals surface area contributed by atoms with Crippen molar-refractivity contribution >= 4 is 29.6 Å². The molecule has 0 bridgehead atoms. The van der Waals surface area contributed by atoms with Crippen molar-refractivity contribution < 1.29 is 34.2 Å². The molecule has 0 aliphatic carbocycles. The Kier molecular flexibility index (Phi) is 10.6. The normalized spacial score (nSPS) is 14.0. The average molecular weight is 389 g/mol. The summed E-state index contributed by atoms with van der Waals surface area (Å²) >= 11 is 0. The molecular weight excluding hydrogens is 362 g/mol. The van der Waals surface area contributed by atoms with Crippen LogP contribution >= 0.6 is 0 Å². The number of aliphatic hydroxyl groups excluding tert-OH is 1. The van der Waals surface area contributed by atoms with Gasteiger partial charge in [-0.05, 0) is 12.3 Å². The fraction of sp³-hybridized carbons (Fsp3) is 0.667. The van der Waals surface area contributed by atoms with Crippen LogP contribution in [0.4, 0.5) is 0 Å². The molecule has 4 amide bonds. The summed E-state index contributed by atoms with van der Waals surface area (Å²) in [6, 6.07) is -3.60. The highest BCUT2D eigenvalue weighted by Crippen LogP contribution is 2.01. The number of nitrogens with one attached hydrogen (secondary N) is 3. The van der Waals surface area contributed by atoms with Crippen LogP contribution < -0.4 is 27.4 Å². The van der Waals surface area contributed by atoms with Gasteiger partial charge in [-0.2, -0.15) is 0 Å². The zero-order valence-corrected chi connectivity index (χ0v) is 15.2. The summed E-state index contributed by atoms with van der Waals surface area (Å²) in [7, 11) is 0. The van der Waals surface area contributed by atoms with Gasteiger partial charge in [-0.25, -0.2) is 4.79 Å². The number of nitrogens with two attached hydrogens (primary N) is 2. The van der Waals surface area contributed by atoms with Gasteiger partial charge in [0, 0.05) is 6.42 Å². The molecule has 27 heavy (non-hydrogen) atoms. The van der Waals surface area contributed by atoms with Gasteiger partial charge in [0.1, 0.15) is 12.1 Å². The van der Waals surface area contributed by atoms with Gasteiger partial charge in [-0.1, -0.05) is 13.8 Å². The number of hydrogen-bond acceptors (Lipinski definition) is 7. The van der Waals surface area contributed by atoms with Crippen molar-refractivity contribution in [3.8, 4) is 0 Å². The fourth-order valence-electron chi connectivity index (χ4n) is 1.93. The van der Waals surface area contributed by atoms with Crippen molar-refractivity contribution in [2.45, 2.75) is 44.8 Å². The van der Waals surface area contributed by atoms with E-state index in [1.165, 1.54) is 0 Å². The standard InChI is InChI=1S/C15H27N5O7/c1-7(2)12(15(26)27)20-11(23)5-18-14(25)9(6-21)19-13(24)8(16)3-4-10(17)22/h7-9,12,21H,3-6,16H2,1-2H3,(H2,17,22)(H,18,25)(H,19,24)(H,20,23)(H,26,27). The SMILES string of the molecule is CC(C)C(NC(=O)CNC(=O)C(CO)NC(=O)C(N)CCC(N)=O)C(=O)O. The third kappa shape index (κ3) is 9.51. The Morgan fingerprint density at radius 2 is 1.63 bits per heavy atom. The second-order valence-electron chi connectivity index (χ2n) is 6.20. The minimum absolute atomic E-state index is 0.0326. The molecule has 0 saturated carbocycles. The third-order valence-electron chi connectivity index (χ3n) is 3.53. The smallest absolute Gasteiger partial charge is 0.326 e. The summed E-state index contributed by atoms with van der Waals surface area (Å²) in [6.45, 7) is 1.91. The Hall–Kier alpha value is -2.73. The van der Waals surface area contributed by atoms with Crippen LogP contribution in [0.2, 0.25) is 0 Å². The van der Waals surface area contributed by atoms with E-state index in [1.54, 1.807) is 13.8 Å². The lowest BCUT2D eigenvalue weighted by Crippen LogP contribution is -2.55. The molecule has 0 rings (SSSR count). The van der Waals surface area contributed by atoms with E-state index in [1.807, 2.05) is 0 Å². The molecule has 0 spiro atoms. The predicted molar refractivity (Wildman–Crippen MR) is 92.8 cm³/mol. The molecule has 3 unspecified atom stereocenters. The first-order valence-corrected chi connectivity index (χ1v) is 8.24. The van der Waals surface area contributed by atoms with Crippen molar-refractivity contribution in [1.82, 2.24) is 16.0 Å². The van der Waals surface area contributed by atoms with E-state index in [9.17, 15) is 29.1 Å². The number of primary amides is 1. The van der Waals surface area contributed by atoms with Crippen molar-refractivity contribution in [3.63, 3.8) is 0 Å². The van der Waals surface area contributed by atoms with Crippen molar-refractivity contribution in [2.24, 2.45) is 17.4 Å². The predicted octanol–water partition coefficient (Wildman–Crippen LogP) is -3.60. The monoisotopic (exact) mass is 389 g/mol. The highest BCUT2D eigenvalue weighted by molar-refractivity contribution is 5.92. The van der Waals surface area contributed by atoms with E-state index >= 15 is 0 Å². The lowest BCUT2D eigenvalue weighted by atomic mass is 10.1. The molecule has 0 aromatic heterocycles. The summed E-state index contributed by atoms with van der Waals surface area (Å²) in [6.07, 6.45) is -0.152. The molecule has 0 saturated heterocycles. The van der Waals surface area contributed by atoms with Gasteiger partial charge in [-0.15, -0.1) is 0 Å². The summed E-state index contributed by atoms with van der Waals surface area (Å²) in [4.78, 5) is 57.3. The molecule has 9 N–H and O–H groups in total. The van der Waals surface area contributed by atoms with Crippen LogP contribution in [0.5, 0.6) is 0 Å². The van der Waals surface area contributed by atoms with Crippen LogP contribution in [0, 0.1) is 5.92 Å². The van der Waals surface area contributed by atoms with Crippen molar-refractivity contribution in [3.05, 3.63) is 0 Å². The first-order valence-electron chi connectivity index (χ1n) is 8.24. The van der Waals surface area contributed by atoms with E-state index < -0.39 is 60.9 Å². The number of aliphatic hydroxyl groups is 1. The van der Waals surface area contributed by atoms with Crippen LogP contribution in [0.3, 0.4) is 0 Å². The van der Waals surface area contributed by atoms with Crippen LogP contribution in [-0.4, -0.2) is 71.1 Å². The quantitative estimate of drug-likeness (QED) is 0.176. The third-order valence-corrected chi connectivity index (χ3v) is 3.53. The van der Waals surface area contributed by atoms with E-state index in [2.05, 4.69) is 16.0 Å². The maximum absolute atomic E-state index is 12.0. The van der Waals surface area contributed by atoms with Gasteiger partial charge in [0.15, 0.2) is 0 Å². The molecule has 3 atom stereocenters. The zero-order chi connectivity index (χ0) is 21.1. The van der Waals surface area contributed by atoms with E-state index in [-0.39, 0.29) is 18.8 Å². The molecule has 0 heterocycles. The molecule has 0 aromatic carbocycles. The molecule has 0 radical (unpaired) electrons. The molecule has 0 aromatic rings. The van der Waals surface area contributed by atoms with Gasteiger partial charge >= 0.3 is 5.97 Å². The van der Waals surface area contributed by atoms with Crippen molar-refractivity contribution in [1.29, 1.82) is 0 Å². The van der Waals surface area contributed by atoms with Crippen LogP contribution in [-0.2, 0) is 24.0 Å². The van der Waals surface area contributed by atoms with Gasteiger partial charge in [0.25, 0.3) is 0 Å². The Bertz CT molecular complexity index is 567. The summed E-state index contributed by atoms with van der Waals surface area (Å²) < 4.78 is 0. The molecule has 12 heteroatoms. The second kappa shape index (κ2) is 11.8. The maximum Gasteiger partial charge on any atom is 0.326 e.